The third kappa shape index (κ3) is 8.04. The number of fused-ring (bicyclic) bond motifs is 3. The first-order valence-electron chi connectivity index (χ1n) is 15.6. The molecule has 0 bridgehead atoms. The van der Waals surface area contributed by atoms with Crippen molar-refractivity contribution in [2.45, 2.75) is 68.8 Å². The highest BCUT2D eigenvalue weighted by molar-refractivity contribution is 9.10. The Labute approximate surface area is 290 Å². The number of alkyl halides is 2. The number of hydrogen-bond donors (Lipinski definition) is 0. The lowest BCUT2D eigenvalue weighted by Gasteiger charge is -2.29. The number of rotatable bonds is 16. The predicted octanol–water partition coefficient (Wildman–Crippen LogP) is 2.74. The second-order valence-corrected chi connectivity index (χ2v) is 18.1. The van der Waals surface area contributed by atoms with Crippen LogP contribution in [0.3, 0.4) is 0 Å². The number of nitrogens with zero attached hydrogens (tertiary/aromatic N) is 1. The summed E-state index contributed by atoms with van der Waals surface area (Å²) < 4.78 is 30.7. The molecule has 1 amide bonds. The van der Waals surface area contributed by atoms with Crippen LogP contribution >= 0.6 is 31.9 Å². The number of amides is 1. The van der Waals surface area contributed by atoms with Gasteiger partial charge in [0.05, 0.1) is 30.4 Å². The summed E-state index contributed by atoms with van der Waals surface area (Å²) >= 11 is 6.40. The number of ether oxygens (including phenoxy) is 6. The van der Waals surface area contributed by atoms with Gasteiger partial charge in [0.1, 0.15) is 52.7 Å². The monoisotopic (exact) mass is 791 g/mol. The molecule has 15 heteroatoms. The molecule has 0 aromatic heterocycles. The molecule has 2 aliphatic carbocycles. The van der Waals surface area contributed by atoms with Crippen LogP contribution in [0.15, 0.2) is 12.2 Å². The highest BCUT2D eigenvalue weighted by Gasteiger charge is 2.77. The van der Waals surface area contributed by atoms with Gasteiger partial charge in [-0.25, -0.2) is 0 Å². The van der Waals surface area contributed by atoms with Gasteiger partial charge in [-0.1, -0.05) is 44.0 Å². The van der Waals surface area contributed by atoms with Crippen molar-refractivity contribution in [1.82, 2.24) is 4.90 Å². The first-order chi connectivity index (χ1) is 21.7. The number of halogens is 2. The van der Waals surface area contributed by atoms with Crippen molar-refractivity contribution < 1.29 is 57.2 Å². The number of esters is 5. The fourth-order valence-electron chi connectivity index (χ4n) is 5.77. The Balaban J connectivity index is 1.32. The summed E-state index contributed by atoms with van der Waals surface area (Å²) in [6.45, 7) is 9.88. The predicted molar refractivity (Wildman–Crippen MR) is 171 cm³/mol. The van der Waals surface area contributed by atoms with Gasteiger partial charge in [0.25, 0.3) is 0 Å². The zero-order chi connectivity index (χ0) is 35.1. The first kappa shape index (κ1) is 37.3. The number of carbonyl (C=O) groups is 6. The Hall–Kier alpha value is -2.52. The lowest BCUT2D eigenvalue weighted by molar-refractivity contribution is -0.173. The van der Waals surface area contributed by atoms with Crippen LogP contribution < -0.4 is 0 Å². The molecule has 7 atom stereocenters. The van der Waals surface area contributed by atoms with E-state index in [1.807, 2.05) is 12.2 Å². The molecular weight excluding hydrogens is 750 g/mol. The van der Waals surface area contributed by atoms with Crippen molar-refractivity contribution in [1.29, 1.82) is 0 Å². The van der Waals surface area contributed by atoms with Gasteiger partial charge in [-0.15, -0.1) is 0 Å². The number of epoxide rings is 1. The van der Waals surface area contributed by atoms with Gasteiger partial charge >= 0.3 is 29.8 Å². The van der Waals surface area contributed by atoms with Crippen LogP contribution in [0, 0.1) is 35.0 Å². The molecule has 3 fully saturated rings. The Morgan fingerprint density at radius 2 is 1.38 bits per heavy atom. The molecule has 0 aromatic carbocycles. The summed E-state index contributed by atoms with van der Waals surface area (Å²) in [6, 6.07) is 0. The highest BCUT2D eigenvalue weighted by Crippen LogP contribution is 2.67. The minimum absolute atomic E-state index is 0.0113. The fourth-order valence-corrected chi connectivity index (χ4v) is 6.00. The van der Waals surface area contributed by atoms with Crippen molar-refractivity contribution in [3.05, 3.63) is 12.2 Å². The zero-order valence-corrected chi connectivity index (χ0v) is 30.8. The van der Waals surface area contributed by atoms with E-state index in [-0.39, 0.29) is 61.7 Å². The van der Waals surface area contributed by atoms with E-state index in [0.29, 0.717) is 6.54 Å². The largest absolute Gasteiger partial charge is 0.464 e. The molecule has 47 heavy (non-hydrogen) atoms. The van der Waals surface area contributed by atoms with Gasteiger partial charge in [0.15, 0.2) is 0 Å². The van der Waals surface area contributed by atoms with Crippen molar-refractivity contribution in [3.8, 4) is 0 Å². The minimum atomic E-state index is -1.63. The van der Waals surface area contributed by atoms with E-state index >= 15 is 0 Å². The highest BCUT2D eigenvalue weighted by atomic mass is 79.9. The third-order valence-corrected chi connectivity index (χ3v) is 9.57. The second-order valence-electron chi connectivity index (χ2n) is 14.1. The average Bonchev–Trinajstić information content (AvgIpc) is 3.65. The molecular formula is C32H43Br2NO12. The Kier molecular flexibility index (Phi) is 10.9. The Morgan fingerprint density at radius 1 is 0.872 bits per heavy atom. The molecule has 262 valence electrons. The van der Waals surface area contributed by atoms with Gasteiger partial charge in [-0.3, -0.25) is 28.8 Å². The molecule has 1 saturated carbocycles. The van der Waals surface area contributed by atoms with Gasteiger partial charge in [0, 0.05) is 18.4 Å². The molecule has 0 aromatic rings. The van der Waals surface area contributed by atoms with Crippen molar-refractivity contribution in [2.75, 3.05) is 46.1 Å². The van der Waals surface area contributed by atoms with Crippen molar-refractivity contribution >= 4 is 67.6 Å². The summed E-state index contributed by atoms with van der Waals surface area (Å²) in [5.74, 6) is -5.05. The maximum atomic E-state index is 13.4. The van der Waals surface area contributed by atoms with E-state index in [1.54, 1.807) is 32.6 Å². The van der Waals surface area contributed by atoms with Crippen LogP contribution in [-0.4, -0.2) is 107 Å². The number of carbonyl (C=O) groups excluding carboxylic acids is 6. The summed E-state index contributed by atoms with van der Waals surface area (Å²) in [5, 5.41) is 0. The molecule has 2 heterocycles. The SMILES string of the molecule is CC(COC(=O)C(C)(C)Br)C(=O)OCC(C)(COC(=O)C(C)COC(=O)C(C)(C)Br)C(=O)OCCN1CC2C(C1=O)C1C=CC13OC23. The van der Waals surface area contributed by atoms with Crippen molar-refractivity contribution in [2.24, 2.45) is 35.0 Å². The first-order valence-corrected chi connectivity index (χ1v) is 17.2. The molecule has 2 saturated heterocycles. The third-order valence-electron chi connectivity index (χ3n) is 8.93. The number of hydrogen-bond acceptors (Lipinski definition) is 12. The van der Waals surface area contributed by atoms with Crippen LogP contribution in [0.4, 0.5) is 0 Å². The summed E-state index contributed by atoms with van der Waals surface area (Å²) in [7, 11) is 0. The minimum Gasteiger partial charge on any atom is -0.464 e. The molecule has 4 aliphatic rings. The van der Waals surface area contributed by atoms with Crippen LogP contribution in [0.25, 0.3) is 0 Å². The maximum absolute atomic E-state index is 13.4. The summed E-state index contributed by atoms with van der Waals surface area (Å²) in [5.41, 5.74) is -1.87. The average molecular weight is 793 g/mol. The van der Waals surface area contributed by atoms with E-state index in [1.165, 1.54) is 20.8 Å². The topological polar surface area (TPSA) is 164 Å². The van der Waals surface area contributed by atoms with Crippen LogP contribution in [-0.2, 0) is 57.2 Å². The molecule has 13 nitrogen and oxygen atoms in total. The van der Waals surface area contributed by atoms with Gasteiger partial charge in [0.2, 0.25) is 5.91 Å². The van der Waals surface area contributed by atoms with E-state index in [2.05, 4.69) is 31.9 Å². The van der Waals surface area contributed by atoms with Gasteiger partial charge < -0.3 is 33.3 Å². The van der Waals surface area contributed by atoms with E-state index in [9.17, 15) is 28.8 Å². The molecule has 1 spiro atoms. The number of likely N-dealkylation sites (tertiary alicyclic amines) is 1. The van der Waals surface area contributed by atoms with Gasteiger partial charge in [-0.05, 0) is 48.5 Å². The van der Waals surface area contributed by atoms with Gasteiger partial charge in [-0.2, -0.15) is 0 Å². The Morgan fingerprint density at radius 3 is 1.83 bits per heavy atom. The molecule has 0 radical (unpaired) electrons. The quantitative estimate of drug-likeness (QED) is 0.0740. The lowest BCUT2D eigenvalue weighted by Crippen LogP contribution is -2.43. The standard InChI is InChI=1S/C32H43Br2NO12/c1-17(13-43-26(39)29(3,4)33)24(37)45-15-31(7,16-46-25(38)18(2)14-44-27(40)30(5,6)34)28(41)42-11-10-35-12-19-21(23(35)36)20-8-9-32(20)22(19)47-32/h8-9,17-22H,10-16H2,1-7H3. The van der Waals surface area contributed by atoms with Crippen LogP contribution in [0.1, 0.15) is 48.5 Å². The van der Waals surface area contributed by atoms with Crippen LogP contribution in [0.2, 0.25) is 0 Å². The summed E-state index contributed by atoms with van der Waals surface area (Å²) in [6.07, 6.45) is 4.12. The fraction of sp³-hybridized carbons (Fsp3) is 0.750. The maximum Gasteiger partial charge on any atom is 0.322 e. The molecule has 4 rings (SSSR count). The van der Waals surface area contributed by atoms with E-state index < -0.39 is 69.0 Å². The zero-order valence-electron chi connectivity index (χ0n) is 27.7. The molecule has 0 N–H and O–H groups in total. The second kappa shape index (κ2) is 13.8. The van der Waals surface area contributed by atoms with E-state index in [4.69, 9.17) is 28.4 Å². The van der Waals surface area contributed by atoms with E-state index in [0.717, 1.165) is 0 Å². The smallest absolute Gasteiger partial charge is 0.322 e. The normalized spacial score (nSPS) is 28.0. The lowest BCUT2D eigenvalue weighted by atomic mass is 9.78. The van der Waals surface area contributed by atoms with Crippen LogP contribution in [0.5, 0.6) is 0 Å². The summed E-state index contributed by atoms with van der Waals surface area (Å²) in [4.78, 5) is 77.8. The molecule has 7 unspecified atom stereocenters. The Bertz CT molecular complexity index is 1270. The molecule has 2 aliphatic heterocycles. The van der Waals surface area contributed by atoms with Crippen molar-refractivity contribution in [3.63, 3.8) is 0 Å².